The number of hydrogen-bond acceptors (Lipinski definition) is 6. The summed E-state index contributed by atoms with van der Waals surface area (Å²) in [5.74, 6) is -1.31. The first-order valence-corrected chi connectivity index (χ1v) is 14.8. The number of rotatable bonds is 12. The van der Waals surface area contributed by atoms with Crippen molar-refractivity contribution in [2.24, 2.45) is 11.7 Å². The Kier molecular flexibility index (Phi) is 12.5. The van der Waals surface area contributed by atoms with Gasteiger partial charge in [-0.3, -0.25) is 14.4 Å². The maximum atomic E-state index is 14.3. The van der Waals surface area contributed by atoms with Gasteiger partial charge in [-0.25, -0.2) is 4.79 Å². The van der Waals surface area contributed by atoms with Crippen LogP contribution in [0.3, 0.4) is 0 Å². The highest BCUT2D eigenvalue weighted by molar-refractivity contribution is 5.94. The molecule has 10 heteroatoms. The smallest absolute Gasteiger partial charge is 0.408 e. The monoisotopic (exact) mass is 574 g/mol. The maximum absolute atomic E-state index is 14.3. The van der Waals surface area contributed by atoms with Gasteiger partial charge in [0.05, 0.1) is 6.42 Å². The molecule has 0 aliphatic heterocycles. The highest BCUT2D eigenvalue weighted by Gasteiger charge is 2.40. The van der Waals surface area contributed by atoms with E-state index >= 15 is 0 Å². The summed E-state index contributed by atoms with van der Waals surface area (Å²) in [7, 11) is 0. The lowest BCUT2D eigenvalue weighted by Gasteiger charge is -2.39. The molecule has 230 valence electrons. The lowest BCUT2D eigenvalue weighted by Crippen LogP contribution is -2.57. The third-order valence-electron chi connectivity index (χ3n) is 7.30. The Morgan fingerprint density at radius 2 is 1.71 bits per heavy atom. The van der Waals surface area contributed by atoms with Crippen molar-refractivity contribution >= 4 is 23.8 Å². The largest absolute Gasteiger partial charge is 0.508 e. The second-order valence-corrected chi connectivity index (χ2v) is 12.7. The molecule has 0 saturated heterocycles. The summed E-state index contributed by atoms with van der Waals surface area (Å²) in [6.07, 6.45) is 4.91. The van der Waals surface area contributed by atoms with Gasteiger partial charge in [-0.1, -0.05) is 39.2 Å². The van der Waals surface area contributed by atoms with Crippen molar-refractivity contribution in [3.05, 3.63) is 29.3 Å². The fourth-order valence-electron chi connectivity index (χ4n) is 5.16. The molecule has 3 unspecified atom stereocenters. The number of nitrogens with zero attached hydrogens (tertiary/aromatic N) is 1. The van der Waals surface area contributed by atoms with E-state index in [1.54, 1.807) is 39.8 Å². The molecule has 2 rings (SSSR count). The summed E-state index contributed by atoms with van der Waals surface area (Å²) in [4.78, 5) is 54.7. The Bertz CT molecular complexity index is 1060. The van der Waals surface area contributed by atoms with Crippen molar-refractivity contribution in [2.75, 3.05) is 0 Å². The second kappa shape index (κ2) is 15.1. The fraction of sp³-hybridized carbons (Fsp3) is 0.677. The van der Waals surface area contributed by atoms with Crippen LogP contribution in [0.2, 0.25) is 0 Å². The van der Waals surface area contributed by atoms with Crippen LogP contribution in [0.5, 0.6) is 5.75 Å². The van der Waals surface area contributed by atoms with E-state index in [-0.39, 0.29) is 17.7 Å². The van der Waals surface area contributed by atoms with Crippen molar-refractivity contribution < 1.29 is 29.0 Å². The number of ether oxygens (including phenoxy) is 1. The predicted octanol–water partition coefficient (Wildman–Crippen LogP) is 4.61. The minimum atomic E-state index is -1.34. The van der Waals surface area contributed by atoms with Gasteiger partial charge in [-0.15, -0.1) is 0 Å². The Hall–Kier alpha value is -3.30. The molecule has 3 atom stereocenters. The minimum absolute atomic E-state index is 0.0128. The van der Waals surface area contributed by atoms with Crippen molar-refractivity contribution in [1.29, 1.82) is 0 Å². The van der Waals surface area contributed by atoms with Crippen LogP contribution in [0.15, 0.2) is 18.2 Å². The minimum Gasteiger partial charge on any atom is -0.508 e. The SMILES string of the molecule is Cc1cc(C(C(=O)NC2CCCCC2)N(C(=O)C(CC(N)=O)NC(=O)OC(C)(C)C)C(C)CCC(C)C)ccc1O. The van der Waals surface area contributed by atoms with Gasteiger partial charge < -0.3 is 31.1 Å². The number of amides is 4. The lowest BCUT2D eigenvalue weighted by atomic mass is 9.93. The van der Waals surface area contributed by atoms with E-state index in [0.717, 1.165) is 38.5 Å². The number of nitrogens with two attached hydrogens (primary N) is 1. The molecule has 4 amide bonds. The molecule has 1 fully saturated rings. The lowest BCUT2D eigenvalue weighted by molar-refractivity contribution is -0.146. The molecule has 0 spiro atoms. The average Bonchev–Trinajstić information content (AvgIpc) is 2.86. The molecule has 1 aromatic carbocycles. The van der Waals surface area contributed by atoms with Gasteiger partial charge in [-0.05, 0) is 89.5 Å². The van der Waals surface area contributed by atoms with Crippen molar-refractivity contribution in [3.63, 3.8) is 0 Å². The number of phenols is 1. The average molecular weight is 575 g/mol. The molecular weight excluding hydrogens is 524 g/mol. The third kappa shape index (κ3) is 10.9. The first-order chi connectivity index (χ1) is 19.1. The number of benzene rings is 1. The van der Waals surface area contributed by atoms with Crippen LogP contribution in [0.25, 0.3) is 0 Å². The van der Waals surface area contributed by atoms with E-state index in [1.807, 2.05) is 6.92 Å². The molecule has 10 nitrogen and oxygen atoms in total. The van der Waals surface area contributed by atoms with Crippen LogP contribution in [0, 0.1) is 12.8 Å². The second-order valence-electron chi connectivity index (χ2n) is 12.7. The van der Waals surface area contributed by atoms with Crippen LogP contribution >= 0.6 is 0 Å². The molecule has 5 N–H and O–H groups in total. The number of phenolic OH excluding ortho intramolecular Hbond substituents is 1. The van der Waals surface area contributed by atoms with Gasteiger partial charge in [0.25, 0.3) is 0 Å². The highest BCUT2D eigenvalue weighted by Crippen LogP contribution is 2.31. The van der Waals surface area contributed by atoms with E-state index in [0.29, 0.717) is 23.5 Å². The Balaban J connectivity index is 2.60. The summed E-state index contributed by atoms with van der Waals surface area (Å²) in [5, 5.41) is 15.9. The zero-order valence-electron chi connectivity index (χ0n) is 25.8. The maximum Gasteiger partial charge on any atom is 0.408 e. The van der Waals surface area contributed by atoms with Crippen molar-refractivity contribution in [3.8, 4) is 5.75 Å². The molecule has 1 aromatic rings. The van der Waals surface area contributed by atoms with E-state index in [1.165, 1.54) is 11.0 Å². The number of nitrogens with one attached hydrogen (secondary N) is 2. The zero-order valence-corrected chi connectivity index (χ0v) is 25.8. The van der Waals surface area contributed by atoms with E-state index in [9.17, 15) is 24.3 Å². The number of aryl methyl sites for hydroxylation is 1. The quantitative estimate of drug-likeness (QED) is 0.286. The van der Waals surface area contributed by atoms with Crippen LogP contribution < -0.4 is 16.4 Å². The molecule has 0 bridgehead atoms. The summed E-state index contributed by atoms with van der Waals surface area (Å²) >= 11 is 0. The first kappa shape index (κ1) is 33.9. The molecule has 1 aliphatic carbocycles. The molecule has 0 heterocycles. The molecular formula is C31H50N4O6. The Morgan fingerprint density at radius 1 is 1.07 bits per heavy atom. The number of aromatic hydroxyl groups is 1. The van der Waals surface area contributed by atoms with E-state index in [4.69, 9.17) is 10.5 Å². The zero-order chi connectivity index (χ0) is 30.9. The third-order valence-corrected chi connectivity index (χ3v) is 7.30. The van der Waals surface area contributed by atoms with Gasteiger partial charge in [0.1, 0.15) is 23.4 Å². The standard InChI is InChI=1S/C31H50N4O6/c1-19(2)13-14-21(4)35(29(39)24(18-26(32)37)34-30(40)41-31(5,6)7)27(22-15-16-25(36)20(3)17-22)28(38)33-23-11-9-8-10-12-23/h15-17,19,21,23-24,27,36H,8-14,18H2,1-7H3,(H2,32,37)(H,33,38)(H,34,40). The summed E-state index contributed by atoms with van der Waals surface area (Å²) in [6, 6.07) is 1.98. The highest BCUT2D eigenvalue weighted by atomic mass is 16.6. The molecule has 0 radical (unpaired) electrons. The molecule has 1 saturated carbocycles. The van der Waals surface area contributed by atoms with Gasteiger partial charge in [0.2, 0.25) is 17.7 Å². The van der Waals surface area contributed by atoms with Crippen molar-refractivity contribution in [2.45, 2.75) is 130 Å². The topological polar surface area (TPSA) is 151 Å². The Labute approximate surface area is 244 Å². The summed E-state index contributed by atoms with van der Waals surface area (Å²) in [5.41, 5.74) is 5.75. The number of carbonyl (C=O) groups excluding carboxylic acids is 4. The van der Waals surface area contributed by atoms with Crippen LogP contribution in [0.4, 0.5) is 4.79 Å². The normalized spacial score (nSPS) is 16.4. The summed E-state index contributed by atoms with van der Waals surface area (Å²) in [6.45, 7) is 12.8. The van der Waals surface area contributed by atoms with Crippen molar-refractivity contribution in [1.82, 2.24) is 15.5 Å². The van der Waals surface area contributed by atoms with Gasteiger partial charge >= 0.3 is 6.09 Å². The van der Waals surface area contributed by atoms with Gasteiger partial charge in [-0.2, -0.15) is 0 Å². The number of alkyl carbamates (subject to hydrolysis) is 1. The van der Waals surface area contributed by atoms with Gasteiger partial charge in [0, 0.05) is 12.1 Å². The summed E-state index contributed by atoms with van der Waals surface area (Å²) < 4.78 is 5.36. The first-order valence-electron chi connectivity index (χ1n) is 14.8. The fourth-order valence-corrected chi connectivity index (χ4v) is 5.16. The predicted molar refractivity (Wildman–Crippen MR) is 158 cm³/mol. The van der Waals surface area contributed by atoms with E-state index in [2.05, 4.69) is 24.5 Å². The van der Waals surface area contributed by atoms with Crippen LogP contribution in [-0.4, -0.2) is 57.5 Å². The molecule has 41 heavy (non-hydrogen) atoms. The Morgan fingerprint density at radius 3 is 2.24 bits per heavy atom. The number of carbonyl (C=O) groups is 4. The van der Waals surface area contributed by atoms with E-state index < -0.39 is 48.1 Å². The molecule has 1 aliphatic rings. The number of primary amides is 1. The van der Waals surface area contributed by atoms with Gasteiger partial charge in [0.15, 0.2) is 0 Å². The van der Waals surface area contributed by atoms with Crippen LogP contribution in [-0.2, 0) is 19.1 Å². The van der Waals surface area contributed by atoms with Crippen LogP contribution in [0.1, 0.15) is 110 Å². The molecule has 0 aromatic heterocycles. The number of hydrogen-bond donors (Lipinski definition) is 4.